The minimum atomic E-state index is -0.969. The van der Waals surface area contributed by atoms with Gasteiger partial charge in [0.25, 0.3) is 0 Å². The third-order valence-corrected chi connectivity index (χ3v) is 12.0. The number of rotatable bonds is 6. The Morgan fingerprint density at radius 3 is 1.30 bits per heavy atom. The van der Waals surface area contributed by atoms with Crippen LogP contribution in [0.25, 0.3) is 0 Å². The Balaban J connectivity index is 0.000000154. The number of β-amino-alcohol motifs (C(OH)–C–C–N with tert-alkyl or cyclic N) is 1. The first kappa shape index (κ1) is 48.5. The molecular formula is C43H77F2N7O8. The lowest BCUT2D eigenvalue weighted by atomic mass is 10.2. The molecule has 0 bridgehead atoms. The first-order valence-corrected chi connectivity index (χ1v) is 22.2. The highest BCUT2D eigenvalue weighted by atomic mass is 19.1. The Morgan fingerprint density at radius 2 is 0.917 bits per heavy atom. The van der Waals surface area contributed by atoms with Crippen molar-refractivity contribution in [3.63, 3.8) is 0 Å². The second-order valence-corrected chi connectivity index (χ2v) is 21.0. The number of aliphatic hydroxyl groups is 1. The van der Waals surface area contributed by atoms with Gasteiger partial charge in [-0.25, -0.2) is 23.2 Å². The van der Waals surface area contributed by atoms with Crippen molar-refractivity contribution in [2.24, 2.45) is 0 Å². The molecule has 5 saturated heterocycles. The third-order valence-electron chi connectivity index (χ3n) is 12.0. The van der Waals surface area contributed by atoms with Gasteiger partial charge in [-0.1, -0.05) is 0 Å². The fourth-order valence-electron chi connectivity index (χ4n) is 8.03. The first-order chi connectivity index (χ1) is 27.8. The average Bonchev–Trinajstić information content (AvgIpc) is 3.98. The van der Waals surface area contributed by atoms with Crippen molar-refractivity contribution in [1.82, 2.24) is 34.7 Å². The second-order valence-electron chi connectivity index (χ2n) is 21.0. The number of aliphatic hydroxyl groups excluding tert-OH is 1. The summed E-state index contributed by atoms with van der Waals surface area (Å²) in [6, 6.07) is 1.78. The Labute approximate surface area is 357 Å². The minimum absolute atomic E-state index is 0.0463. The van der Waals surface area contributed by atoms with E-state index in [-0.39, 0.29) is 49.1 Å². The van der Waals surface area contributed by atoms with Crippen LogP contribution in [0.2, 0.25) is 0 Å². The number of hydrogen-bond acceptors (Lipinski definition) is 12. The van der Waals surface area contributed by atoms with Crippen molar-refractivity contribution in [2.75, 3.05) is 73.5 Å². The molecule has 8 aliphatic rings. The average molecular weight is 858 g/mol. The first-order valence-electron chi connectivity index (χ1n) is 22.2. The van der Waals surface area contributed by atoms with Gasteiger partial charge in [0.1, 0.15) is 41.4 Å². The number of nitrogens with one attached hydrogen (secondary N) is 1. The SMILES string of the molecule is CC(C)(C)OC(=O)N1C[C@@H]2O[C@@H]2C1.CN(C1CC1)[C@@H]1CN(C(=O)OC(C)(C)C)C[C@@H]1F.CN(C1CC1)[C@@H]1CN(C(=O)OC(C)(C)C)C[C@H]1O.CN(C1CC1)[C@@H]1CNC[C@@H]1F. The molecule has 0 spiro atoms. The largest absolute Gasteiger partial charge is 0.444 e. The van der Waals surface area contributed by atoms with Crippen LogP contribution < -0.4 is 5.32 Å². The van der Waals surface area contributed by atoms with Crippen molar-refractivity contribution < 1.29 is 47.2 Å². The van der Waals surface area contributed by atoms with E-state index in [9.17, 15) is 28.3 Å². The number of nitrogens with zero attached hydrogens (tertiary/aromatic N) is 6. The van der Waals surface area contributed by atoms with Crippen LogP contribution in [0, 0.1) is 0 Å². The summed E-state index contributed by atoms with van der Waals surface area (Å²) in [5.74, 6) is 0. The van der Waals surface area contributed by atoms with Gasteiger partial charge < -0.3 is 44.1 Å². The van der Waals surface area contributed by atoms with Gasteiger partial charge in [0.05, 0.1) is 50.4 Å². The van der Waals surface area contributed by atoms with Gasteiger partial charge in [0.15, 0.2) is 0 Å². The van der Waals surface area contributed by atoms with Gasteiger partial charge >= 0.3 is 18.3 Å². The number of carbonyl (C=O) groups excluding carboxylic acids is 3. The zero-order valence-electron chi connectivity index (χ0n) is 38.5. The summed E-state index contributed by atoms with van der Waals surface area (Å²) in [5, 5.41) is 13.1. The highest BCUT2D eigenvalue weighted by molar-refractivity contribution is 5.69. The van der Waals surface area contributed by atoms with E-state index in [0.29, 0.717) is 57.4 Å². The molecule has 3 aliphatic carbocycles. The molecule has 0 radical (unpaired) electrons. The predicted octanol–water partition coefficient (Wildman–Crippen LogP) is 4.49. The van der Waals surface area contributed by atoms with E-state index in [4.69, 9.17) is 18.9 Å². The molecule has 60 heavy (non-hydrogen) atoms. The number of epoxide rings is 1. The standard InChI is InChI=1S/C13H23FN2O2.C13H24N2O3.C9H15NO3.C8H15FN2/c1-13(2,3)18-12(17)16-7-10(14)11(8-16)15(4)9-5-6-9;1-13(2,3)18-12(17)15-7-10(11(16)8-15)14(4)9-5-6-9;1-9(2,3)13-8(11)10-4-6-7(5-10)12-6;1-11(6-2-3-6)8-5-10-4-7(8)9/h9-11H,5-8H2,1-4H3;9-11,16H,5-8H2,1-4H3;6-7H,4-5H2,1-3H3;6-8,10H,2-5H2,1H3/t10-,11+;10-,11-;6-,7+;7-,8+/m01.0/s1. The molecule has 8 fully saturated rings. The van der Waals surface area contributed by atoms with Crippen molar-refractivity contribution in [1.29, 1.82) is 0 Å². The van der Waals surface area contributed by atoms with Crippen LogP contribution in [0.15, 0.2) is 0 Å². The number of amides is 3. The van der Waals surface area contributed by atoms with Gasteiger partial charge in [-0.2, -0.15) is 0 Å². The number of hydrogen-bond donors (Lipinski definition) is 2. The Hall–Kier alpha value is -2.57. The summed E-state index contributed by atoms with van der Waals surface area (Å²) in [5.41, 5.74) is -1.41. The Morgan fingerprint density at radius 1 is 0.550 bits per heavy atom. The van der Waals surface area contributed by atoms with E-state index < -0.39 is 41.3 Å². The molecule has 17 heteroatoms. The maximum Gasteiger partial charge on any atom is 0.410 e. The lowest BCUT2D eigenvalue weighted by Crippen LogP contribution is -2.42. The summed E-state index contributed by atoms with van der Waals surface area (Å²) < 4.78 is 48.1. The van der Waals surface area contributed by atoms with Crippen molar-refractivity contribution in [3.05, 3.63) is 0 Å². The van der Waals surface area contributed by atoms with Gasteiger partial charge in [-0.3, -0.25) is 14.7 Å². The predicted molar refractivity (Wildman–Crippen MR) is 224 cm³/mol. The molecule has 5 aliphatic heterocycles. The molecule has 346 valence electrons. The van der Waals surface area contributed by atoms with Crippen LogP contribution >= 0.6 is 0 Å². The van der Waals surface area contributed by atoms with Crippen molar-refractivity contribution >= 4 is 18.3 Å². The third kappa shape index (κ3) is 14.8. The number of alkyl halides is 2. The molecule has 3 saturated carbocycles. The number of likely N-dealkylation sites (tertiary alicyclic amines) is 3. The number of carbonyl (C=O) groups is 3. The van der Waals surface area contributed by atoms with E-state index in [1.54, 1.807) is 9.80 Å². The molecule has 8 rings (SSSR count). The molecule has 15 nitrogen and oxygen atoms in total. The fraction of sp³-hybridized carbons (Fsp3) is 0.930. The summed E-state index contributed by atoms with van der Waals surface area (Å²) in [6.07, 6.45) is 4.75. The summed E-state index contributed by atoms with van der Waals surface area (Å²) >= 11 is 0. The van der Waals surface area contributed by atoms with Crippen LogP contribution in [-0.4, -0.2) is 210 Å². The number of likely N-dealkylation sites (N-methyl/N-ethyl adjacent to an activating group) is 3. The van der Waals surface area contributed by atoms with Crippen LogP contribution in [0.5, 0.6) is 0 Å². The molecule has 3 amide bonds. The van der Waals surface area contributed by atoms with E-state index in [0.717, 1.165) is 19.4 Å². The number of ether oxygens (including phenoxy) is 4. The normalized spacial score (nSPS) is 31.2. The monoisotopic (exact) mass is 858 g/mol. The summed E-state index contributed by atoms with van der Waals surface area (Å²) in [4.78, 5) is 46.6. The van der Waals surface area contributed by atoms with Gasteiger partial charge in [0, 0.05) is 44.3 Å². The molecular weight excluding hydrogens is 781 g/mol. The molecule has 0 aromatic carbocycles. The fourth-order valence-corrected chi connectivity index (χ4v) is 8.03. The highest BCUT2D eigenvalue weighted by Gasteiger charge is 2.50. The van der Waals surface area contributed by atoms with Gasteiger partial charge in [0.2, 0.25) is 0 Å². The minimum Gasteiger partial charge on any atom is -0.444 e. The van der Waals surface area contributed by atoms with E-state index in [1.807, 2.05) is 83.5 Å². The van der Waals surface area contributed by atoms with E-state index in [2.05, 4.69) is 20.0 Å². The zero-order chi connectivity index (χ0) is 44.5. The van der Waals surface area contributed by atoms with E-state index in [1.165, 1.54) is 30.6 Å². The maximum atomic E-state index is 14.0. The smallest absolute Gasteiger partial charge is 0.410 e. The summed E-state index contributed by atoms with van der Waals surface area (Å²) in [6.45, 7) is 20.9. The molecule has 8 atom stereocenters. The number of halogens is 2. The molecule has 0 aromatic heterocycles. The lowest BCUT2D eigenvalue weighted by molar-refractivity contribution is 0.0227. The van der Waals surface area contributed by atoms with Crippen LogP contribution in [0.4, 0.5) is 23.2 Å². The topological polar surface area (TPSA) is 143 Å². The molecule has 5 heterocycles. The summed E-state index contributed by atoms with van der Waals surface area (Å²) in [7, 11) is 6.03. The van der Waals surface area contributed by atoms with Crippen molar-refractivity contribution in [3.8, 4) is 0 Å². The lowest BCUT2D eigenvalue weighted by Gasteiger charge is -2.27. The molecule has 0 aromatic rings. The Kier molecular flexibility index (Phi) is 15.7. The number of fused-ring (bicyclic) bond motifs is 1. The van der Waals surface area contributed by atoms with Gasteiger partial charge in [-0.15, -0.1) is 0 Å². The zero-order valence-corrected chi connectivity index (χ0v) is 38.5. The van der Waals surface area contributed by atoms with Crippen LogP contribution in [0.3, 0.4) is 0 Å². The maximum absolute atomic E-state index is 14.0. The Bertz CT molecular complexity index is 1380. The van der Waals surface area contributed by atoms with Gasteiger partial charge in [-0.05, 0) is 122 Å². The van der Waals surface area contributed by atoms with Crippen LogP contribution in [0.1, 0.15) is 101 Å². The quantitative estimate of drug-likeness (QED) is 0.287. The van der Waals surface area contributed by atoms with Crippen molar-refractivity contribution in [2.45, 2.75) is 185 Å². The van der Waals surface area contributed by atoms with Crippen LogP contribution in [-0.2, 0) is 18.9 Å². The number of morpholine rings is 1. The second kappa shape index (κ2) is 19.4. The highest BCUT2D eigenvalue weighted by Crippen LogP contribution is 2.33. The molecule has 0 unspecified atom stereocenters. The molecule has 2 N–H and O–H groups in total. The van der Waals surface area contributed by atoms with E-state index >= 15 is 0 Å².